The molecule has 2 nitrogen and oxygen atoms in total. The third-order valence-corrected chi connectivity index (χ3v) is 3.17. The molecule has 0 saturated heterocycles. The fraction of sp³-hybridized carbons (Fsp3) is 0.500. The fourth-order valence-electron chi connectivity index (χ4n) is 1.42. The van der Waals surface area contributed by atoms with E-state index in [-0.39, 0.29) is 0 Å². The van der Waals surface area contributed by atoms with Gasteiger partial charge in [-0.1, -0.05) is 41.1 Å². The Morgan fingerprint density at radius 1 is 1.40 bits per heavy atom. The van der Waals surface area contributed by atoms with Gasteiger partial charge in [0.05, 0.1) is 6.61 Å². The van der Waals surface area contributed by atoms with Gasteiger partial charge in [-0.2, -0.15) is 0 Å². The number of hydrogen-bond acceptors (Lipinski definition) is 2. The van der Waals surface area contributed by atoms with Crippen LogP contribution in [0.4, 0.5) is 0 Å². The normalized spacial score (nSPS) is 12.7. The SMILES string of the molecule is CCC(COC)NCc1ccccc1Br. The molecule has 0 aliphatic carbocycles. The molecule has 15 heavy (non-hydrogen) atoms. The van der Waals surface area contributed by atoms with E-state index in [9.17, 15) is 0 Å². The van der Waals surface area contributed by atoms with E-state index in [2.05, 4.69) is 46.4 Å². The summed E-state index contributed by atoms with van der Waals surface area (Å²) < 4.78 is 6.30. The predicted octanol–water partition coefficient (Wildman–Crippen LogP) is 2.96. The van der Waals surface area contributed by atoms with Crippen LogP contribution in [0.3, 0.4) is 0 Å². The van der Waals surface area contributed by atoms with Gasteiger partial charge in [-0.25, -0.2) is 0 Å². The van der Waals surface area contributed by atoms with Crippen LogP contribution in [-0.2, 0) is 11.3 Å². The lowest BCUT2D eigenvalue weighted by atomic mass is 10.2. The van der Waals surface area contributed by atoms with Gasteiger partial charge < -0.3 is 10.1 Å². The first-order chi connectivity index (χ1) is 7.27. The van der Waals surface area contributed by atoms with Crippen molar-refractivity contribution in [2.24, 2.45) is 0 Å². The predicted molar refractivity (Wildman–Crippen MR) is 66.9 cm³/mol. The maximum atomic E-state index is 5.14. The summed E-state index contributed by atoms with van der Waals surface area (Å²) in [6, 6.07) is 8.70. The maximum absolute atomic E-state index is 5.14. The molecule has 0 aliphatic rings. The van der Waals surface area contributed by atoms with E-state index in [0.717, 1.165) is 24.0 Å². The summed E-state index contributed by atoms with van der Waals surface area (Å²) in [4.78, 5) is 0. The molecule has 0 amide bonds. The molecule has 0 saturated carbocycles. The number of hydrogen-bond donors (Lipinski definition) is 1. The van der Waals surface area contributed by atoms with Crippen LogP contribution in [0, 0.1) is 0 Å². The molecule has 1 atom stereocenters. The van der Waals surface area contributed by atoms with Crippen LogP contribution in [-0.4, -0.2) is 19.8 Å². The molecule has 84 valence electrons. The first-order valence-electron chi connectivity index (χ1n) is 5.23. The van der Waals surface area contributed by atoms with Gasteiger partial charge in [0, 0.05) is 24.2 Å². The Morgan fingerprint density at radius 2 is 2.13 bits per heavy atom. The summed E-state index contributed by atoms with van der Waals surface area (Å²) in [5, 5.41) is 3.47. The molecule has 1 aromatic carbocycles. The second-order valence-corrected chi connectivity index (χ2v) is 4.39. The lowest BCUT2D eigenvalue weighted by Crippen LogP contribution is -2.32. The van der Waals surface area contributed by atoms with E-state index in [1.807, 2.05) is 6.07 Å². The summed E-state index contributed by atoms with van der Waals surface area (Å²) in [5.74, 6) is 0. The quantitative estimate of drug-likeness (QED) is 0.859. The average molecular weight is 272 g/mol. The zero-order valence-electron chi connectivity index (χ0n) is 9.29. The molecule has 0 fully saturated rings. The molecule has 1 N–H and O–H groups in total. The van der Waals surface area contributed by atoms with Crippen LogP contribution >= 0.6 is 15.9 Å². The van der Waals surface area contributed by atoms with Crippen molar-refractivity contribution in [1.29, 1.82) is 0 Å². The van der Waals surface area contributed by atoms with Crippen LogP contribution in [0.2, 0.25) is 0 Å². The summed E-state index contributed by atoms with van der Waals surface area (Å²) in [5.41, 5.74) is 1.28. The minimum Gasteiger partial charge on any atom is -0.383 e. The van der Waals surface area contributed by atoms with E-state index in [0.29, 0.717) is 6.04 Å². The Kier molecular flexibility index (Phi) is 5.91. The standard InChI is InChI=1S/C12H18BrNO/c1-3-11(9-15-2)14-8-10-6-4-5-7-12(10)13/h4-7,11,14H,3,8-9H2,1-2H3. The molecule has 0 aromatic heterocycles. The number of methoxy groups -OCH3 is 1. The van der Waals surface area contributed by atoms with Crippen LogP contribution in [0.1, 0.15) is 18.9 Å². The van der Waals surface area contributed by atoms with Gasteiger partial charge in [0.2, 0.25) is 0 Å². The van der Waals surface area contributed by atoms with E-state index >= 15 is 0 Å². The molecule has 0 aliphatic heterocycles. The van der Waals surface area contributed by atoms with E-state index < -0.39 is 0 Å². The third-order valence-electron chi connectivity index (χ3n) is 2.40. The first kappa shape index (κ1) is 12.7. The average Bonchev–Trinajstić information content (AvgIpc) is 2.26. The molecular weight excluding hydrogens is 254 g/mol. The highest BCUT2D eigenvalue weighted by molar-refractivity contribution is 9.10. The monoisotopic (exact) mass is 271 g/mol. The molecule has 0 spiro atoms. The van der Waals surface area contributed by atoms with Gasteiger partial charge in [-0.15, -0.1) is 0 Å². The van der Waals surface area contributed by atoms with Crippen LogP contribution in [0.15, 0.2) is 28.7 Å². The molecule has 1 rings (SSSR count). The van der Waals surface area contributed by atoms with Crippen molar-refractivity contribution in [2.75, 3.05) is 13.7 Å². The second kappa shape index (κ2) is 6.99. The van der Waals surface area contributed by atoms with E-state index in [1.165, 1.54) is 5.56 Å². The smallest absolute Gasteiger partial charge is 0.0615 e. The Hall–Kier alpha value is -0.380. The van der Waals surface area contributed by atoms with Gasteiger partial charge in [-0.3, -0.25) is 0 Å². The molecular formula is C12H18BrNO. The highest BCUT2D eigenvalue weighted by Crippen LogP contribution is 2.15. The molecule has 0 bridgehead atoms. The van der Waals surface area contributed by atoms with Crippen LogP contribution in [0.5, 0.6) is 0 Å². The second-order valence-electron chi connectivity index (χ2n) is 3.53. The molecule has 1 aromatic rings. The number of rotatable bonds is 6. The Bertz CT molecular complexity index is 291. The highest BCUT2D eigenvalue weighted by Gasteiger charge is 2.05. The Labute approximate surface area is 100 Å². The molecule has 0 radical (unpaired) electrons. The molecule has 0 heterocycles. The van der Waals surface area contributed by atoms with Crippen molar-refractivity contribution in [3.63, 3.8) is 0 Å². The summed E-state index contributed by atoms with van der Waals surface area (Å²) in [6.07, 6.45) is 1.08. The summed E-state index contributed by atoms with van der Waals surface area (Å²) >= 11 is 3.54. The molecule has 3 heteroatoms. The number of benzene rings is 1. The zero-order valence-corrected chi connectivity index (χ0v) is 10.9. The van der Waals surface area contributed by atoms with Crippen LogP contribution in [0.25, 0.3) is 0 Å². The van der Waals surface area contributed by atoms with E-state index in [1.54, 1.807) is 7.11 Å². The van der Waals surface area contributed by atoms with E-state index in [4.69, 9.17) is 4.74 Å². The Morgan fingerprint density at radius 3 is 2.73 bits per heavy atom. The zero-order chi connectivity index (χ0) is 11.1. The minimum atomic E-state index is 0.433. The lowest BCUT2D eigenvalue weighted by molar-refractivity contribution is 0.164. The summed E-state index contributed by atoms with van der Waals surface area (Å²) in [7, 11) is 1.74. The lowest BCUT2D eigenvalue weighted by Gasteiger charge is -2.16. The fourth-order valence-corrected chi connectivity index (χ4v) is 1.84. The minimum absolute atomic E-state index is 0.433. The van der Waals surface area contributed by atoms with Crippen molar-refractivity contribution in [3.05, 3.63) is 34.3 Å². The molecule has 1 unspecified atom stereocenters. The number of halogens is 1. The Balaban J connectivity index is 2.45. The highest BCUT2D eigenvalue weighted by atomic mass is 79.9. The van der Waals surface area contributed by atoms with Crippen LogP contribution < -0.4 is 5.32 Å². The van der Waals surface area contributed by atoms with Gasteiger partial charge in [0.15, 0.2) is 0 Å². The van der Waals surface area contributed by atoms with Gasteiger partial charge >= 0.3 is 0 Å². The van der Waals surface area contributed by atoms with Crippen molar-refractivity contribution >= 4 is 15.9 Å². The van der Waals surface area contributed by atoms with Crippen molar-refractivity contribution in [1.82, 2.24) is 5.32 Å². The van der Waals surface area contributed by atoms with Crippen molar-refractivity contribution in [2.45, 2.75) is 25.9 Å². The van der Waals surface area contributed by atoms with Gasteiger partial charge in [0.25, 0.3) is 0 Å². The number of nitrogens with one attached hydrogen (secondary N) is 1. The van der Waals surface area contributed by atoms with Gasteiger partial charge in [-0.05, 0) is 18.1 Å². The topological polar surface area (TPSA) is 21.3 Å². The van der Waals surface area contributed by atoms with Crippen molar-refractivity contribution < 1.29 is 4.74 Å². The first-order valence-corrected chi connectivity index (χ1v) is 6.03. The summed E-state index contributed by atoms with van der Waals surface area (Å²) in [6.45, 7) is 3.81. The van der Waals surface area contributed by atoms with Gasteiger partial charge in [0.1, 0.15) is 0 Å². The number of ether oxygens (including phenoxy) is 1. The maximum Gasteiger partial charge on any atom is 0.0615 e. The van der Waals surface area contributed by atoms with Crippen molar-refractivity contribution in [3.8, 4) is 0 Å². The largest absolute Gasteiger partial charge is 0.383 e. The third kappa shape index (κ3) is 4.33.